The van der Waals surface area contributed by atoms with Crippen molar-refractivity contribution in [1.82, 2.24) is 4.98 Å². The highest BCUT2D eigenvalue weighted by Crippen LogP contribution is 2.25. The van der Waals surface area contributed by atoms with Gasteiger partial charge in [-0.05, 0) is 19.1 Å². The van der Waals surface area contributed by atoms with Crippen molar-refractivity contribution in [3.05, 3.63) is 40.8 Å². The number of hydrogen-bond acceptors (Lipinski definition) is 5. The van der Waals surface area contributed by atoms with Gasteiger partial charge in [-0.15, -0.1) is 11.3 Å². The number of carboxylic acids is 1. The maximum absolute atomic E-state index is 13.4. The molecule has 2 rings (SSSR count). The van der Waals surface area contributed by atoms with Crippen LogP contribution in [0, 0.1) is 12.7 Å². The molecule has 0 unspecified atom stereocenters. The van der Waals surface area contributed by atoms with Gasteiger partial charge in [0.05, 0.1) is 11.2 Å². The number of sulfonamides is 1. The third-order valence-corrected chi connectivity index (χ3v) is 5.23. The molecule has 6 nitrogen and oxygen atoms in total. The Hall–Kier alpha value is -2.00. The van der Waals surface area contributed by atoms with Gasteiger partial charge in [-0.25, -0.2) is 22.6 Å². The lowest BCUT2D eigenvalue weighted by molar-refractivity contribution is 0.0687. The van der Waals surface area contributed by atoms with Crippen molar-refractivity contribution >= 4 is 33.0 Å². The highest BCUT2D eigenvalue weighted by Gasteiger charge is 2.26. The quantitative estimate of drug-likeness (QED) is 0.900. The molecule has 0 aliphatic rings. The van der Waals surface area contributed by atoms with Crippen molar-refractivity contribution in [2.45, 2.75) is 11.1 Å². The number of nitrogens with zero attached hydrogens (tertiary/aromatic N) is 1. The Morgan fingerprint density at radius 3 is 2.80 bits per heavy atom. The van der Waals surface area contributed by atoms with Crippen LogP contribution in [0.25, 0.3) is 0 Å². The summed E-state index contributed by atoms with van der Waals surface area (Å²) in [5.74, 6) is -2.00. The van der Waals surface area contributed by atoms with Crippen LogP contribution in [0.15, 0.2) is 27.9 Å². The van der Waals surface area contributed by atoms with E-state index in [1.165, 1.54) is 25.1 Å². The summed E-state index contributed by atoms with van der Waals surface area (Å²) in [4.78, 5) is 14.4. The van der Waals surface area contributed by atoms with Gasteiger partial charge in [-0.3, -0.25) is 4.72 Å². The zero-order valence-electron chi connectivity index (χ0n) is 10.1. The van der Waals surface area contributed by atoms with Crippen LogP contribution in [0.4, 0.5) is 10.1 Å². The fraction of sp³-hybridized carbons (Fsp3) is 0.0909. The first-order valence-electron chi connectivity index (χ1n) is 5.27. The molecule has 0 amide bonds. The van der Waals surface area contributed by atoms with Gasteiger partial charge in [0.15, 0.2) is 9.90 Å². The topological polar surface area (TPSA) is 96.4 Å². The molecule has 106 valence electrons. The van der Waals surface area contributed by atoms with Crippen LogP contribution in [-0.2, 0) is 10.0 Å². The van der Waals surface area contributed by atoms with E-state index >= 15 is 0 Å². The highest BCUT2D eigenvalue weighted by molar-refractivity contribution is 7.94. The molecule has 0 aliphatic carbocycles. The lowest BCUT2D eigenvalue weighted by Gasteiger charge is -2.09. The van der Waals surface area contributed by atoms with Crippen LogP contribution in [0.3, 0.4) is 0 Å². The summed E-state index contributed by atoms with van der Waals surface area (Å²) in [6.07, 6.45) is 0. The average Bonchev–Trinajstić information content (AvgIpc) is 2.85. The first kappa shape index (κ1) is 14.4. The summed E-state index contributed by atoms with van der Waals surface area (Å²) in [6, 6.07) is 3.94. The van der Waals surface area contributed by atoms with Crippen molar-refractivity contribution in [2.24, 2.45) is 0 Å². The second-order valence-corrected chi connectivity index (χ2v) is 6.54. The summed E-state index contributed by atoms with van der Waals surface area (Å²) in [6.45, 7) is 1.41. The monoisotopic (exact) mass is 316 g/mol. The first-order chi connectivity index (χ1) is 9.33. The number of hydrogen-bond donors (Lipinski definition) is 2. The molecular weight excluding hydrogens is 307 g/mol. The van der Waals surface area contributed by atoms with Crippen molar-refractivity contribution in [3.63, 3.8) is 0 Å². The Kier molecular flexibility index (Phi) is 3.73. The van der Waals surface area contributed by atoms with E-state index in [2.05, 4.69) is 9.71 Å². The number of nitrogens with one attached hydrogen (secondary N) is 1. The molecule has 9 heteroatoms. The molecule has 2 aromatic rings. The lowest BCUT2D eigenvalue weighted by Crippen LogP contribution is -2.16. The van der Waals surface area contributed by atoms with E-state index in [1.807, 2.05) is 0 Å². The minimum Gasteiger partial charge on any atom is -0.476 e. The fourth-order valence-electron chi connectivity index (χ4n) is 1.48. The van der Waals surface area contributed by atoms with Gasteiger partial charge in [0.1, 0.15) is 5.82 Å². The van der Waals surface area contributed by atoms with Crippen molar-refractivity contribution in [1.29, 1.82) is 0 Å². The first-order valence-corrected chi connectivity index (χ1v) is 7.64. The summed E-state index contributed by atoms with van der Waals surface area (Å²) in [5, 5.41) is 8.87. The van der Waals surface area contributed by atoms with Crippen molar-refractivity contribution < 1.29 is 22.7 Å². The van der Waals surface area contributed by atoms with E-state index in [4.69, 9.17) is 5.11 Å². The van der Waals surface area contributed by atoms with Gasteiger partial charge >= 0.3 is 5.97 Å². The second-order valence-electron chi connectivity index (χ2n) is 3.81. The smallest absolute Gasteiger partial charge is 0.356 e. The highest BCUT2D eigenvalue weighted by atomic mass is 32.2. The third kappa shape index (κ3) is 2.63. The SMILES string of the molecule is Cc1c(F)cccc1NS(=O)(=O)c1scnc1C(=O)O. The van der Waals surface area contributed by atoms with E-state index in [1.54, 1.807) is 0 Å². The summed E-state index contributed by atoms with van der Waals surface area (Å²) in [5.41, 5.74) is 0.736. The van der Waals surface area contributed by atoms with E-state index in [0.717, 1.165) is 5.51 Å². The van der Waals surface area contributed by atoms with Gasteiger partial charge in [-0.1, -0.05) is 6.07 Å². The average molecular weight is 316 g/mol. The Labute approximate surface area is 118 Å². The number of halogens is 1. The molecule has 0 radical (unpaired) electrons. The predicted octanol–water partition coefficient (Wildman–Crippen LogP) is 2.09. The molecule has 0 saturated heterocycles. The minimum atomic E-state index is -4.13. The van der Waals surface area contributed by atoms with Gasteiger partial charge in [0.2, 0.25) is 0 Å². The molecule has 20 heavy (non-hydrogen) atoms. The summed E-state index contributed by atoms with van der Waals surface area (Å²) >= 11 is 0.678. The number of anilines is 1. The molecule has 1 heterocycles. The fourth-order valence-corrected chi connectivity index (χ4v) is 3.74. The Morgan fingerprint density at radius 2 is 2.15 bits per heavy atom. The van der Waals surface area contributed by atoms with Crippen molar-refractivity contribution in [2.75, 3.05) is 4.72 Å². The number of aromatic carboxylic acids is 1. The largest absolute Gasteiger partial charge is 0.476 e. The van der Waals surface area contributed by atoms with E-state index < -0.39 is 31.7 Å². The Morgan fingerprint density at radius 1 is 1.45 bits per heavy atom. The number of carboxylic acid groups (broad SMARTS) is 1. The predicted molar refractivity (Wildman–Crippen MR) is 71.0 cm³/mol. The molecule has 0 spiro atoms. The number of carbonyl (C=O) groups is 1. The molecular formula is C11H9FN2O4S2. The molecule has 0 atom stereocenters. The molecule has 0 fully saturated rings. The molecule has 1 aromatic heterocycles. The molecule has 2 N–H and O–H groups in total. The van der Waals surface area contributed by atoms with Crippen LogP contribution in [0.5, 0.6) is 0 Å². The van der Waals surface area contributed by atoms with Gasteiger partial charge < -0.3 is 5.11 Å². The Bertz CT molecular complexity index is 770. The van der Waals surface area contributed by atoms with Crippen LogP contribution in [-0.4, -0.2) is 24.5 Å². The molecule has 0 saturated carbocycles. The minimum absolute atomic E-state index is 0.0507. The molecule has 0 aliphatic heterocycles. The lowest BCUT2D eigenvalue weighted by atomic mass is 10.2. The number of aromatic nitrogens is 1. The van der Waals surface area contributed by atoms with Gasteiger partial charge in [-0.2, -0.15) is 0 Å². The Balaban J connectivity index is 2.44. The summed E-state index contributed by atoms with van der Waals surface area (Å²) < 4.78 is 39.4. The van der Waals surface area contributed by atoms with Crippen LogP contribution in [0.2, 0.25) is 0 Å². The van der Waals surface area contributed by atoms with Crippen LogP contribution in [0.1, 0.15) is 16.1 Å². The number of rotatable bonds is 4. The maximum atomic E-state index is 13.4. The van der Waals surface area contributed by atoms with Gasteiger partial charge in [0.25, 0.3) is 10.0 Å². The van der Waals surface area contributed by atoms with Crippen molar-refractivity contribution in [3.8, 4) is 0 Å². The molecule has 1 aromatic carbocycles. The van der Waals surface area contributed by atoms with E-state index in [0.29, 0.717) is 11.3 Å². The third-order valence-electron chi connectivity index (χ3n) is 2.49. The van der Waals surface area contributed by atoms with E-state index in [-0.39, 0.29) is 11.3 Å². The van der Waals surface area contributed by atoms with E-state index in [9.17, 15) is 17.6 Å². The standard InChI is InChI=1S/C11H9FN2O4S2/c1-6-7(12)3-2-4-8(6)14-20(17,18)11-9(10(15)16)13-5-19-11/h2-5,14H,1H3,(H,15,16). The zero-order valence-corrected chi connectivity index (χ0v) is 11.8. The second kappa shape index (κ2) is 5.17. The van der Waals surface area contributed by atoms with Gasteiger partial charge in [0, 0.05) is 5.56 Å². The zero-order chi connectivity index (χ0) is 14.9. The summed E-state index contributed by atoms with van der Waals surface area (Å²) in [7, 11) is -4.13. The normalized spacial score (nSPS) is 11.3. The number of benzene rings is 1. The van der Waals surface area contributed by atoms with Crippen LogP contribution < -0.4 is 4.72 Å². The number of thiazole rings is 1. The maximum Gasteiger partial charge on any atom is 0.356 e. The molecule has 0 bridgehead atoms. The van der Waals surface area contributed by atoms with Crippen LogP contribution >= 0.6 is 11.3 Å².